The van der Waals surface area contributed by atoms with Gasteiger partial charge < -0.3 is 9.80 Å². The Morgan fingerprint density at radius 1 is 1.19 bits per heavy atom. The summed E-state index contributed by atoms with van der Waals surface area (Å²) >= 11 is 1.38. The van der Waals surface area contributed by atoms with Gasteiger partial charge in [0.1, 0.15) is 0 Å². The van der Waals surface area contributed by atoms with Gasteiger partial charge in [0.25, 0.3) is 5.91 Å². The summed E-state index contributed by atoms with van der Waals surface area (Å²) in [5.41, 5.74) is 2.74. The van der Waals surface area contributed by atoms with Crippen molar-refractivity contribution >= 4 is 34.8 Å². The molecule has 27 heavy (non-hydrogen) atoms. The number of hydrogen-bond acceptors (Lipinski definition) is 5. The third-order valence-corrected chi connectivity index (χ3v) is 5.67. The minimum Gasteiger partial charge on any atom is -0.347 e. The number of benzene rings is 1. The molecule has 0 atom stereocenters. The highest BCUT2D eigenvalue weighted by atomic mass is 32.2. The summed E-state index contributed by atoms with van der Waals surface area (Å²) in [5, 5.41) is 7.83. The molecule has 7 nitrogen and oxygen atoms in total. The highest BCUT2D eigenvalue weighted by molar-refractivity contribution is 8.18. The van der Waals surface area contributed by atoms with Crippen LogP contribution in [0.1, 0.15) is 12.5 Å². The van der Waals surface area contributed by atoms with Crippen molar-refractivity contribution in [2.75, 3.05) is 26.2 Å². The second-order valence-corrected chi connectivity index (χ2v) is 7.38. The Bertz CT molecular complexity index is 927. The van der Waals surface area contributed by atoms with Crippen LogP contribution in [0.2, 0.25) is 0 Å². The SMILES string of the molecule is CC(=O)N1CCN(C2=NC(=O)C(=Cc3cn[nH]c3-c3ccccc3)S2)CC1. The molecule has 0 spiro atoms. The molecule has 138 valence electrons. The fourth-order valence-electron chi connectivity index (χ4n) is 3.13. The molecule has 4 rings (SSSR count). The first-order valence-corrected chi connectivity index (χ1v) is 9.55. The molecule has 1 N–H and O–H groups in total. The molecule has 1 fully saturated rings. The quantitative estimate of drug-likeness (QED) is 0.807. The summed E-state index contributed by atoms with van der Waals surface area (Å²) in [6.07, 6.45) is 3.55. The van der Waals surface area contributed by atoms with E-state index in [0.717, 1.165) is 16.8 Å². The number of amidine groups is 1. The van der Waals surface area contributed by atoms with Crippen molar-refractivity contribution in [2.45, 2.75) is 6.92 Å². The lowest BCUT2D eigenvalue weighted by atomic mass is 10.1. The number of piperazine rings is 1. The number of thioether (sulfide) groups is 1. The van der Waals surface area contributed by atoms with Gasteiger partial charge in [-0.05, 0) is 17.8 Å². The number of nitrogens with one attached hydrogen (secondary N) is 1. The molecule has 0 unspecified atom stereocenters. The molecule has 1 aromatic carbocycles. The Balaban J connectivity index is 1.49. The zero-order valence-corrected chi connectivity index (χ0v) is 15.7. The number of carbonyl (C=O) groups is 2. The Morgan fingerprint density at radius 3 is 2.63 bits per heavy atom. The molecular formula is C19H19N5O2S. The van der Waals surface area contributed by atoms with Crippen molar-refractivity contribution in [3.8, 4) is 11.3 Å². The fourth-order valence-corrected chi connectivity index (χ4v) is 4.08. The first-order valence-electron chi connectivity index (χ1n) is 8.73. The number of rotatable bonds is 2. The van der Waals surface area contributed by atoms with Crippen LogP contribution in [-0.4, -0.2) is 63.2 Å². The number of aromatic amines is 1. The van der Waals surface area contributed by atoms with Crippen LogP contribution in [0.4, 0.5) is 0 Å². The van der Waals surface area contributed by atoms with Gasteiger partial charge in [-0.25, -0.2) is 0 Å². The molecule has 1 saturated heterocycles. The topological polar surface area (TPSA) is 81.7 Å². The van der Waals surface area contributed by atoms with Gasteiger partial charge in [0.15, 0.2) is 5.17 Å². The van der Waals surface area contributed by atoms with E-state index in [1.165, 1.54) is 11.8 Å². The standard InChI is InChI=1S/C19H19N5O2S/c1-13(25)23-7-9-24(10-8-23)19-21-18(26)16(27-19)11-15-12-20-22-17(15)14-5-3-2-4-6-14/h2-6,11-12H,7-10H2,1H3,(H,20,22). The Labute approximate surface area is 161 Å². The van der Waals surface area contributed by atoms with Gasteiger partial charge in [-0.15, -0.1) is 0 Å². The summed E-state index contributed by atoms with van der Waals surface area (Å²) in [6.45, 7) is 4.26. The van der Waals surface area contributed by atoms with Crippen LogP contribution in [0.5, 0.6) is 0 Å². The van der Waals surface area contributed by atoms with Gasteiger partial charge in [0.2, 0.25) is 5.91 Å². The lowest BCUT2D eigenvalue weighted by molar-refractivity contribution is -0.130. The lowest BCUT2D eigenvalue weighted by Crippen LogP contribution is -2.49. The maximum absolute atomic E-state index is 12.4. The maximum Gasteiger partial charge on any atom is 0.286 e. The highest BCUT2D eigenvalue weighted by Crippen LogP contribution is 2.32. The van der Waals surface area contributed by atoms with E-state index in [-0.39, 0.29) is 11.8 Å². The van der Waals surface area contributed by atoms with E-state index >= 15 is 0 Å². The van der Waals surface area contributed by atoms with E-state index in [1.807, 2.05) is 41.3 Å². The van der Waals surface area contributed by atoms with E-state index in [0.29, 0.717) is 36.3 Å². The molecule has 3 heterocycles. The zero-order valence-electron chi connectivity index (χ0n) is 14.9. The Kier molecular flexibility index (Phi) is 4.81. The van der Waals surface area contributed by atoms with Crippen LogP contribution < -0.4 is 0 Å². The van der Waals surface area contributed by atoms with Gasteiger partial charge in [-0.1, -0.05) is 30.3 Å². The van der Waals surface area contributed by atoms with Crippen LogP contribution in [-0.2, 0) is 9.59 Å². The minimum atomic E-state index is -0.232. The van der Waals surface area contributed by atoms with Crippen molar-refractivity contribution in [3.05, 3.63) is 47.0 Å². The average molecular weight is 381 g/mol. The molecule has 2 aromatic rings. The van der Waals surface area contributed by atoms with Crippen molar-refractivity contribution in [1.29, 1.82) is 0 Å². The summed E-state index contributed by atoms with van der Waals surface area (Å²) < 4.78 is 0. The molecule has 1 aromatic heterocycles. The summed E-state index contributed by atoms with van der Waals surface area (Å²) in [6, 6.07) is 9.88. The fraction of sp³-hybridized carbons (Fsp3) is 0.263. The minimum absolute atomic E-state index is 0.0840. The number of amides is 2. The molecule has 2 aliphatic rings. The number of hydrogen-bond donors (Lipinski definition) is 1. The van der Waals surface area contributed by atoms with Crippen molar-refractivity contribution in [1.82, 2.24) is 20.0 Å². The monoisotopic (exact) mass is 381 g/mol. The number of H-pyrrole nitrogens is 1. The Morgan fingerprint density at radius 2 is 1.93 bits per heavy atom. The maximum atomic E-state index is 12.4. The van der Waals surface area contributed by atoms with Gasteiger partial charge >= 0.3 is 0 Å². The molecule has 0 aliphatic carbocycles. The molecule has 2 amide bonds. The van der Waals surface area contributed by atoms with Gasteiger partial charge in [0.05, 0.1) is 16.8 Å². The third kappa shape index (κ3) is 3.66. The van der Waals surface area contributed by atoms with Gasteiger partial charge in [-0.2, -0.15) is 10.1 Å². The third-order valence-electron chi connectivity index (χ3n) is 4.62. The summed E-state index contributed by atoms with van der Waals surface area (Å²) in [7, 11) is 0. The van der Waals surface area contributed by atoms with E-state index in [4.69, 9.17) is 0 Å². The van der Waals surface area contributed by atoms with E-state index in [2.05, 4.69) is 20.1 Å². The zero-order chi connectivity index (χ0) is 18.8. The van der Waals surface area contributed by atoms with Crippen molar-refractivity contribution < 1.29 is 9.59 Å². The highest BCUT2D eigenvalue weighted by Gasteiger charge is 2.29. The first kappa shape index (κ1) is 17.5. The molecule has 0 saturated carbocycles. The number of aliphatic imine (C=N–C) groups is 1. The average Bonchev–Trinajstić information content (AvgIpc) is 3.30. The number of aromatic nitrogens is 2. The predicted molar refractivity (Wildman–Crippen MR) is 106 cm³/mol. The van der Waals surface area contributed by atoms with Crippen LogP contribution in [0.3, 0.4) is 0 Å². The number of carbonyl (C=O) groups excluding carboxylic acids is 2. The largest absolute Gasteiger partial charge is 0.347 e. The predicted octanol–water partition coefficient (Wildman–Crippen LogP) is 2.21. The second-order valence-electron chi connectivity index (χ2n) is 6.37. The van der Waals surface area contributed by atoms with Crippen molar-refractivity contribution in [2.24, 2.45) is 4.99 Å². The van der Waals surface area contributed by atoms with Crippen LogP contribution in [0.15, 0.2) is 46.4 Å². The molecule has 0 radical (unpaired) electrons. The van der Waals surface area contributed by atoms with Crippen LogP contribution in [0.25, 0.3) is 17.3 Å². The first-order chi connectivity index (χ1) is 13.1. The van der Waals surface area contributed by atoms with Crippen LogP contribution >= 0.6 is 11.8 Å². The molecule has 2 aliphatic heterocycles. The molecule has 0 bridgehead atoms. The van der Waals surface area contributed by atoms with E-state index < -0.39 is 0 Å². The van der Waals surface area contributed by atoms with Gasteiger partial charge in [0, 0.05) is 44.2 Å². The normalized spacial score (nSPS) is 18.9. The summed E-state index contributed by atoms with van der Waals surface area (Å²) in [5.74, 6) is -0.148. The summed E-state index contributed by atoms with van der Waals surface area (Å²) in [4.78, 5) is 32.5. The van der Waals surface area contributed by atoms with E-state index in [1.54, 1.807) is 13.1 Å². The smallest absolute Gasteiger partial charge is 0.286 e. The lowest BCUT2D eigenvalue weighted by Gasteiger charge is -2.34. The second kappa shape index (κ2) is 7.40. The van der Waals surface area contributed by atoms with E-state index in [9.17, 15) is 9.59 Å². The van der Waals surface area contributed by atoms with Crippen LogP contribution in [0, 0.1) is 0 Å². The molecule has 8 heteroatoms. The Hall–Kier alpha value is -2.87. The molecular weight excluding hydrogens is 362 g/mol. The van der Waals surface area contributed by atoms with Crippen molar-refractivity contribution in [3.63, 3.8) is 0 Å². The van der Waals surface area contributed by atoms with Gasteiger partial charge in [-0.3, -0.25) is 14.7 Å². The number of nitrogens with zero attached hydrogens (tertiary/aromatic N) is 4.